The average molecular weight is 543 g/mol. The maximum Gasteiger partial charge on any atom is 0.331 e. The summed E-state index contributed by atoms with van der Waals surface area (Å²) in [7, 11) is 0. The number of esters is 1. The van der Waals surface area contributed by atoms with Crippen molar-refractivity contribution in [1.82, 2.24) is 10.6 Å². The lowest BCUT2D eigenvalue weighted by molar-refractivity contribution is -0.150. The van der Waals surface area contributed by atoms with E-state index in [4.69, 9.17) is 9.47 Å². The largest absolute Gasteiger partial charge is 0.464 e. The lowest BCUT2D eigenvalue weighted by atomic mass is 10.0. The fraction of sp³-hybridized carbons (Fsp3) is 0.448. The molecule has 0 unspecified atom stereocenters. The molecule has 0 aromatic heterocycles. The van der Waals surface area contributed by atoms with Gasteiger partial charge in [0.05, 0.1) is 25.1 Å². The monoisotopic (exact) mass is 542 g/mol. The Morgan fingerprint density at radius 2 is 1.55 bits per heavy atom. The Bertz CT molecular complexity index is 1090. The number of hydrogen-bond acceptors (Lipinski definition) is 7. The van der Waals surface area contributed by atoms with Crippen LogP contribution in [0.15, 0.2) is 54.6 Å². The second kappa shape index (κ2) is 14.7. The van der Waals surface area contributed by atoms with Crippen LogP contribution >= 0.6 is 11.8 Å². The van der Waals surface area contributed by atoms with Crippen molar-refractivity contribution in [2.45, 2.75) is 65.0 Å². The highest BCUT2D eigenvalue weighted by atomic mass is 32.2. The van der Waals surface area contributed by atoms with E-state index in [-0.39, 0.29) is 30.9 Å². The summed E-state index contributed by atoms with van der Waals surface area (Å²) in [5, 5.41) is 4.52. The lowest BCUT2D eigenvalue weighted by Crippen LogP contribution is -2.60. The Morgan fingerprint density at radius 3 is 2.11 bits per heavy atom. The van der Waals surface area contributed by atoms with Crippen LogP contribution in [0.3, 0.4) is 0 Å². The van der Waals surface area contributed by atoms with Crippen molar-refractivity contribution in [3.8, 4) is 11.1 Å². The molecule has 0 fully saturated rings. The first kappa shape index (κ1) is 31.1. The van der Waals surface area contributed by atoms with E-state index < -0.39 is 34.6 Å². The molecule has 0 radical (unpaired) electrons. The number of hydrogen-bond donors (Lipinski definition) is 2. The van der Waals surface area contributed by atoms with Gasteiger partial charge in [-0.05, 0) is 43.4 Å². The predicted molar refractivity (Wildman–Crippen MR) is 149 cm³/mol. The van der Waals surface area contributed by atoms with Crippen molar-refractivity contribution in [2.75, 3.05) is 13.2 Å². The van der Waals surface area contributed by atoms with Gasteiger partial charge in [-0.25, -0.2) is 4.79 Å². The molecule has 0 saturated heterocycles. The summed E-state index contributed by atoms with van der Waals surface area (Å²) in [6.07, 6.45) is 0. The summed E-state index contributed by atoms with van der Waals surface area (Å²) in [6.45, 7) is 10.1. The van der Waals surface area contributed by atoms with Gasteiger partial charge in [0.1, 0.15) is 5.54 Å². The van der Waals surface area contributed by atoms with Crippen molar-refractivity contribution in [2.24, 2.45) is 5.92 Å². The molecular weight excluding hydrogens is 504 g/mol. The minimum absolute atomic E-state index is 0.107. The van der Waals surface area contributed by atoms with Crippen LogP contribution in [0.1, 0.15) is 47.1 Å². The van der Waals surface area contributed by atoms with Gasteiger partial charge in [0.15, 0.2) is 11.2 Å². The van der Waals surface area contributed by atoms with E-state index in [0.717, 1.165) is 28.5 Å². The molecule has 38 heavy (non-hydrogen) atoms. The molecule has 2 atom stereocenters. The highest BCUT2D eigenvalue weighted by molar-refractivity contribution is 8.14. The number of amides is 2. The summed E-state index contributed by atoms with van der Waals surface area (Å²) in [4.78, 5) is 50.0. The molecule has 0 spiro atoms. The number of carbonyl (C=O) groups excluding carboxylic acids is 4. The van der Waals surface area contributed by atoms with Gasteiger partial charge in [0.25, 0.3) is 0 Å². The highest BCUT2D eigenvalue weighted by Crippen LogP contribution is 2.22. The van der Waals surface area contributed by atoms with Crippen LogP contribution in [0.2, 0.25) is 0 Å². The Labute approximate surface area is 229 Å². The van der Waals surface area contributed by atoms with Gasteiger partial charge in [-0.3, -0.25) is 14.4 Å². The second-order valence-corrected chi connectivity index (χ2v) is 11.1. The third-order valence-corrected chi connectivity index (χ3v) is 7.00. The van der Waals surface area contributed by atoms with Crippen molar-refractivity contribution in [3.63, 3.8) is 0 Å². The summed E-state index contributed by atoms with van der Waals surface area (Å²) in [5.41, 5.74) is 1.75. The first-order chi connectivity index (χ1) is 17.9. The van der Waals surface area contributed by atoms with Gasteiger partial charge >= 0.3 is 5.97 Å². The smallest absolute Gasteiger partial charge is 0.331 e. The molecule has 2 amide bonds. The molecule has 0 aliphatic heterocycles. The second-order valence-electron chi connectivity index (χ2n) is 9.74. The van der Waals surface area contributed by atoms with Gasteiger partial charge in [0.2, 0.25) is 11.8 Å². The highest BCUT2D eigenvalue weighted by Gasteiger charge is 2.36. The minimum Gasteiger partial charge on any atom is -0.464 e. The van der Waals surface area contributed by atoms with Crippen molar-refractivity contribution >= 4 is 34.7 Å². The van der Waals surface area contributed by atoms with E-state index in [1.807, 2.05) is 68.4 Å². The topological polar surface area (TPSA) is 111 Å². The Morgan fingerprint density at radius 1 is 0.947 bits per heavy atom. The van der Waals surface area contributed by atoms with E-state index in [2.05, 4.69) is 10.6 Å². The molecule has 0 aliphatic carbocycles. The minimum atomic E-state index is -1.35. The normalized spacial score (nSPS) is 12.9. The van der Waals surface area contributed by atoms with Gasteiger partial charge in [-0.1, -0.05) is 80.2 Å². The van der Waals surface area contributed by atoms with Crippen LogP contribution in [-0.2, 0) is 35.3 Å². The Hall–Kier alpha value is -3.17. The number of ether oxygens (including phenoxy) is 2. The van der Waals surface area contributed by atoms with Gasteiger partial charge in [-0.2, -0.15) is 0 Å². The number of thioether (sulfide) groups is 1. The molecule has 0 heterocycles. The third-order valence-electron chi connectivity index (χ3n) is 5.65. The summed E-state index contributed by atoms with van der Waals surface area (Å²) >= 11 is 0.925. The van der Waals surface area contributed by atoms with Gasteiger partial charge in [0, 0.05) is 6.92 Å². The summed E-state index contributed by atoms with van der Waals surface area (Å²) < 4.78 is 10.9. The lowest BCUT2D eigenvalue weighted by Gasteiger charge is -2.30. The number of benzene rings is 2. The molecule has 0 saturated carbocycles. The first-order valence-corrected chi connectivity index (χ1v) is 13.5. The fourth-order valence-electron chi connectivity index (χ4n) is 3.58. The zero-order valence-corrected chi connectivity index (χ0v) is 23.7. The van der Waals surface area contributed by atoms with E-state index >= 15 is 0 Å². The van der Waals surface area contributed by atoms with Crippen LogP contribution in [-0.4, -0.2) is 52.9 Å². The third kappa shape index (κ3) is 9.61. The zero-order valence-electron chi connectivity index (χ0n) is 22.9. The van der Waals surface area contributed by atoms with E-state index in [9.17, 15) is 19.2 Å². The summed E-state index contributed by atoms with van der Waals surface area (Å²) in [6, 6.07) is 16.8. The number of carbonyl (C=O) groups is 4. The molecule has 2 N–H and O–H groups in total. The molecular formula is C29H38N2O6S. The van der Waals surface area contributed by atoms with Crippen LogP contribution < -0.4 is 10.6 Å². The van der Waals surface area contributed by atoms with Gasteiger partial charge in [-0.15, -0.1) is 0 Å². The van der Waals surface area contributed by atoms with E-state index in [0.29, 0.717) is 0 Å². The van der Waals surface area contributed by atoms with Crippen LogP contribution in [0.4, 0.5) is 0 Å². The van der Waals surface area contributed by atoms with Gasteiger partial charge < -0.3 is 20.1 Å². The maximum atomic E-state index is 13.1. The number of nitrogens with one attached hydrogen (secondary N) is 2. The zero-order chi connectivity index (χ0) is 28.3. The maximum absolute atomic E-state index is 13.1. The standard InChI is InChI=1S/C29H38N2O6S/c1-7-37-27(34)24(18-36-17-21-13-15-23(16-14-21)22-11-9-8-10-12-22)30-28(35)29(5,6)31-26(33)25(19(2)3)38-20(4)32/h8-16,19,24-25H,7,17-18H2,1-6H3,(H,30,35)(H,31,33)/t24-,25+/m0/s1. The van der Waals surface area contributed by atoms with E-state index in [1.165, 1.54) is 20.8 Å². The van der Waals surface area contributed by atoms with Crippen molar-refractivity contribution in [1.29, 1.82) is 0 Å². The SMILES string of the molecule is CCOC(=O)[C@H](COCc1ccc(-c2ccccc2)cc1)NC(=O)C(C)(C)NC(=O)[C@H](SC(C)=O)C(C)C. The average Bonchev–Trinajstić information content (AvgIpc) is 2.87. The fourth-order valence-corrected chi connectivity index (χ4v) is 4.37. The Balaban J connectivity index is 2.01. The molecule has 2 aromatic carbocycles. The molecule has 0 bridgehead atoms. The first-order valence-electron chi connectivity index (χ1n) is 12.6. The molecule has 9 heteroatoms. The van der Waals surface area contributed by atoms with E-state index in [1.54, 1.807) is 6.92 Å². The molecule has 2 rings (SSSR count). The molecule has 2 aromatic rings. The molecule has 206 valence electrons. The van der Waals surface area contributed by atoms with Crippen molar-refractivity contribution < 1.29 is 28.7 Å². The molecule has 0 aliphatic rings. The predicted octanol–water partition coefficient (Wildman–Crippen LogP) is 4.12. The molecule has 8 nitrogen and oxygen atoms in total. The van der Waals surface area contributed by atoms with Crippen LogP contribution in [0, 0.1) is 5.92 Å². The van der Waals surface area contributed by atoms with Crippen LogP contribution in [0.25, 0.3) is 11.1 Å². The summed E-state index contributed by atoms with van der Waals surface area (Å²) in [5.74, 6) is -1.75. The Kier molecular flexibility index (Phi) is 12.0. The van der Waals surface area contributed by atoms with Crippen LogP contribution in [0.5, 0.6) is 0 Å². The van der Waals surface area contributed by atoms with Crippen molar-refractivity contribution in [3.05, 3.63) is 60.2 Å². The quantitative estimate of drug-likeness (QED) is 0.366. The number of rotatable bonds is 13.